The number of hydrogen-bond acceptors (Lipinski definition) is 4. The zero-order valence-electron chi connectivity index (χ0n) is 16.6. The predicted octanol–water partition coefficient (Wildman–Crippen LogP) is 4.09. The van der Waals surface area contributed by atoms with E-state index < -0.39 is 5.97 Å². The van der Waals surface area contributed by atoms with E-state index in [1.165, 1.54) is 7.11 Å². The Hall–Kier alpha value is -3.12. The molecule has 0 saturated carbocycles. The molecule has 7 heteroatoms. The lowest BCUT2D eigenvalue weighted by atomic mass is 9.90. The summed E-state index contributed by atoms with van der Waals surface area (Å²) in [5, 5.41) is 0.687. The fourth-order valence-corrected chi connectivity index (χ4v) is 3.99. The lowest BCUT2D eigenvalue weighted by Gasteiger charge is -2.23. The number of ether oxygens (including phenoxy) is 1. The van der Waals surface area contributed by atoms with Crippen LogP contribution in [0.1, 0.15) is 34.0 Å². The van der Waals surface area contributed by atoms with E-state index in [-0.39, 0.29) is 17.5 Å². The van der Waals surface area contributed by atoms with Gasteiger partial charge >= 0.3 is 5.97 Å². The number of aromatic nitrogens is 2. The molecule has 3 aromatic rings. The molecule has 0 radical (unpaired) electrons. The molecule has 1 aliphatic heterocycles. The first-order chi connectivity index (χ1) is 14.5. The van der Waals surface area contributed by atoms with Crippen molar-refractivity contribution in [3.05, 3.63) is 82.9 Å². The van der Waals surface area contributed by atoms with Crippen LogP contribution in [0, 0.1) is 0 Å². The average Bonchev–Trinajstić information content (AvgIpc) is 3.18. The minimum atomic E-state index is -0.476. The van der Waals surface area contributed by atoms with Crippen LogP contribution in [0.4, 0.5) is 5.69 Å². The molecule has 1 aliphatic rings. The summed E-state index contributed by atoms with van der Waals surface area (Å²) in [6, 6.07) is 15.8. The molecule has 1 unspecified atom stereocenters. The quantitative estimate of drug-likeness (QED) is 0.580. The second kappa shape index (κ2) is 8.71. The van der Waals surface area contributed by atoms with Gasteiger partial charge in [0, 0.05) is 36.4 Å². The Balaban J connectivity index is 1.56. The van der Waals surface area contributed by atoms with Crippen molar-refractivity contribution in [2.75, 3.05) is 18.6 Å². The van der Waals surface area contributed by atoms with Gasteiger partial charge in [0.1, 0.15) is 0 Å². The van der Waals surface area contributed by atoms with Crippen LogP contribution in [0.5, 0.6) is 0 Å². The highest BCUT2D eigenvalue weighted by Crippen LogP contribution is 2.34. The minimum Gasteiger partial charge on any atom is -0.464 e. The molecule has 4 rings (SSSR count). The molecule has 0 aliphatic carbocycles. The number of methoxy groups -OCH3 is 1. The molecular weight excluding hydrogens is 402 g/mol. The predicted molar refractivity (Wildman–Crippen MR) is 115 cm³/mol. The number of amides is 1. The number of benzene rings is 2. The number of anilines is 1. The number of halogens is 1. The van der Waals surface area contributed by atoms with E-state index in [9.17, 15) is 9.59 Å². The standard InChI is InChI=1S/C23H22ClN3O3/c1-30-23(29)20-14-26(15-25-20)10-11-27-21-5-3-2-4-17(21)12-18(13-22(27)28)16-6-8-19(24)9-7-16/h2-9,14-15,18H,10-13H2,1H3. The molecule has 2 heterocycles. The van der Waals surface area contributed by atoms with Gasteiger partial charge in [-0.15, -0.1) is 0 Å². The largest absolute Gasteiger partial charge is 0.464 e. The van der Waals surface area contributed by atoms with Crippen molar-refractivity contribution >= 4 is 29.2 Å². The smallest absolute Gasteiger partial charge is 0.358 e. The molecule has 0 spiro atoms. The van der Waals surface area contributed by atoms with E-state index in [4.69, 9.17) is 16.3 Å². The summed E-state index contributed by atoms with van der Waals surface area (Å²) >= 11 is 6.03. The van der Waals surface area contributed by atoms with Crippen LogP contribution in [0.2, 0.25) is 5.02 Å². The van der Waals surface area contributed by atoms with Gasteiger partial charge in [0.15, 0.2) is 5.69 Å². The summed E-state index contributed by atoms with van der Waals surface area (Å²) in [4.78, 5) is 30.7. The zero-order valence-corrected chi connectivity index (χ0v) is 17.4. The van der Waals surface area contributed by atoms with Crippen molar-refractivity contribution in [2.45, 2.75) is 25.3 Å². The SMILES string of the molecule is COC(=O)c1cn(CCN2C(=O)CC(c3ccc(Cl)cc3)Cc3ccccc32)cn1. The molecule has 0 fully saturated rings. The molecule has 2 aromatic carbocycles. The second-order valence-electron chi connectivity index (χ2n) is 7.32. The number of nitrogens with zero attached hydrogens (tertiary/aromatic N) is 3. The highest BCUT2D eigenvalue weighted by Gasteiger charge is 2.28. The summed E-state index contributed by atoms with van der Waals surface area (Å²) in [5.41, 5.74) is 3.45. The van der Waals surface area contributed by atoms with Gasteiger partial charge in [-0.25, -0.2) is 9.78 Å². The third-order valence-corrected chi connectivity index (χ3v) is 5.67. The Morgan fingerprint density at radius 1 is 1.13 bits per heavy atom. The van der Waals surface area contributed by atoms with Crippen molar-refractivity contribution in [1.29, 1.82) is 0 Å². The third kappa shape index (κ3) is 4.24. The van der Waals surface area contributed by atoms with Gasteiger partial charge < -0.3 is 14.2 Å². The molecule has 30 heavy (non-hydrogen) atoms. The Bertz CT molecular complexity index is 1060. The fraction of sp³-hybridized carbons (Fsp3) is 0.261. The number of carbonyl (C=O) groups is 2. The van der Waals surface area contributed by atoms with Crippen LogP contribution >= 0.6 is 11.6 Å². The van der Waals surface area contributed by atoms with Gasteiger partial charge in [0.2, 0.25) is 5.91 Å². The normalized spacial score (nSPS) is 16.1. The first kappa shape index (κ1) is 20.2. The average molecular weight is 424 g/mol. The van der Waals surface area contributed by atoms with Gasteiger partial charge in [0.05, 0.1) is 13.4 Å². The molecule has 1 amide bonds. The van der Waals surface area contributed by atoms with Crippen LogP contribution in [0.25, 0.3) is 0 Å². The van der Waals surface area contributed by atoms with E-state index in [1.807, 2.05) is 47.4 Å². The summed E-state index contributed by atoms with van der Waals surface area (Å²) in [6.07, 6.45) is 4.43. The van der Waals surface area contributed by atoms with E-state index >= 15 is 0 Å². The number of imidazole rings is 1. The zero-order chi connectivity index (χ0) is 21.1. The number of esters is 1. The number of para-hydroxylation sites is 1. The summed E-state index contributed by atoms with van der Waals surface area (Å²) in [5.74, 6) is -0.302. The third-order valence-electron chi connectivity index (χ3n) is 5.42. The van der Waals surface area contributed by atoms with Gasteiger partial charge in [-0.3, -0.25) is 4.79 Å². The summed E-state index contributed by atoms with van der Waals surface area (Å²) < 4.78 is 6.49. The van der Waals surface area contributed by atoms with Crippen molar-refractivity contribution in [2.24, 2.45) is 0 Å². The van der Waals surface area contributed by atoms with Crippen LogP contribution in [0.3, 0.4) is 0 Å². The lowest BCUT2D eigenvalue weighted by Crippen LogP contribution is -2.33. The van der Waals surface area contributed by atoms with Crippen molar-refractivity contribution in [1.82, 2.24) is 9.55 Å². The number of fused-ring (bicyclic) bond motifs is 1. The van der Waals surface area contributed by atoms with Crippen LogP contribution in [0.15, 0.2) is 61.1 Å². The molecule has 154 valence electrons. The number of carbonyl (C=O) groups excluding carboxylic acids is 2. The molecule has 0 bridgehead atoms. The van der Waals surface area contributed by atoms with Gasteiger partial charge in [0.25, 0.3) is 0 Å². The molecule has 1 aromatic heterocycles. The Morgan fingerprint density at radius 2 is 1.90 bits per heavy atom. The second-order valence-corrected chi connectivity index (χ2v) is 7.76. The van der Waals surface area contributed by atoms with Crippen LogP contribution in [-0.4, -0.2) is 35.1 Å². The maximum atomic E-state index is 13.2. The molecular formula is C23H22ClN3O3. The summed E-state index contributed by atoms with van der Waals surface area (Å²) in [7, 11) is 1.32. The summed E-state index contributed by atoms with van der Waals surface area (Å²) in [6.45, 7) is 1.01. The van der Waals surface area contributed by atoms with E-state index in [0.717, 1.165) is 23.2 Å². The van der Waals surface area contributed by atoms with Crippen molar-refractivity contribution in [3.63, 3.8) is 0 Å². The van der Waals surface area contributed by atoms with Crippen molar-refractivity contribution < 1.29 is 14.3 Å². The molecule has 0 saturated heterocycles. The Kier molecular flexibility index (Phi) is 5.86. The number of hydrogen-bond donors (Lipinski definition) is 0. The fourth-order valence-electron chi connectivity index (χ4n) is 3.86. The van der Waals surface area contributed by atoms with Gasteiger partial charge in [-0.05, 0) is 41.7 Å². The minimum absolute atomic E-state index is 0.0770. The van der Waals surface area contributed by atoms with E-state index in [2.05, 4.69) is 11.1 Å². The Labute approximate surface area is 180 Å². The maximum absolute atomic E-state index is 13.2. The maximum Gasteiger partial charge on any atom is 0.358 e. The first-order valence-electron chi connectivity index (χ1n) is 9.79. The molecule has 0 N–H and O–H groups in total. The monoisotopic (exact) mass is 423 g/mol. The highest BCUT2D eigenvalue weighted by molar-refractivity contribution is 6.30. The topological polar surface area (TPSA) is 64.4 Å². The van der Waals surface area contributed by atoms with Gasteiger partial charge in [-0.1, -0.05) is 41.9 Å². The molecule has 1 atom stereocenters. The van der Waals surface area contributed by atoms with E-state index in [0.29, 0.717) is 24.5 Å². The lowest BCUT2D eigenvalue weighted by molar-refractivity contribution is -0.118. The van der Waals surface area contributed by atoms with Crippen molar-refractivity contribution in [3.8, 4) is 0 Å². The molecule has 6 nitrogen and oxygen atoms in total. The van der Waals surface area contributed by atoms with E-state index in [1.54, 1.807) is 17.1 Å². The van der Waals surface area contributed by atoms with Crippen LogP contribution < -0.4 is 4.90 Å². The van der Waals surface area contributed by atoms with Crippen LogP contribution in [-0.2, 0) is 22.5 Å². The first-order valence-corrected chi connectivity index (χ1v) is 10.2. The highest BCUT2D eigenvalue weighted by atomic mass is 35.5. The Morgan fingerprint density at radius 3 is 2.67 bits per heavy atom. The number of rotatable bonds is 5. The van der Waals surface area contributed by atoms with Gasteiger partial charge in [-0.2, -0.15) is 0 Å².